The van der Waals surface area contributed by atoms with Crippen molar-refractivity contribution in [1.82, 2.24) is 0 Å². The van der Waals surface area contributed by atoms with Gasteiger partial charge in [0.25, 0.3) is 0 Å². The van der Waals surface area contributed by atoms with E-state index in [1.54, 1.807) is 36.4 Å². The number of hydrogen-bond donors (Lipinski definition) is 2. The van der Waals surface area contributed by atoms with Crippen LogP contribution in [0.3, 0.4) is 0 Å². The standard InChI is InChI=1S/C15H19N3O2S/c1-18(2)15-6-4-3-5-14(15)17-21(19,20)11-12-7-9-13(16)10-8-12/h3-10,17H,11,16H2,1-2H3. The first-order chi connectivity index (χ1) is 9.87. The van der Waals surface area contributed by atoms with Crippen LogP contribution in [0.4, 0.5) is 17.1 Å². The fourth-order valence-electron chi connectivity index (χ4n) is 1.99. The minimum atomic E-state index is -3.47. The summed E-state index contributed by atoms with van der Waals surface area (Å²) in [5.41, 5.74) is 8.29. The predicted octanol–water partition coefficient (Wildman–Crippen LogP) is 2.28. The molecule has 0 radical (unpaired) electrons. The summed E-state index contributed by atoms with van der Waals surface area (Å²) in [5.74, 6) is -0.0883. The van der Waals surface area contributed by atoms with Crippen molar-refractivity contribution in [2.75, 3.05) is 29.5 Å². The number of nitrogen functional groups attached to an aromatic ring is 1. The lowest BCUT2D eigenvalue weighted by atomic mass is 10.2. The lowest BCUT2D eigenvalue weighted by molar-refractivity contribution is 0.600. The highest BCUT2D eigenvalue weighted by Crippen LogP contribution is 2.25. The van der Waals surface area contributed by atoms with E-state index in [0.717, 1.165) is 5.69 Å². The fraction of sp³-hybridized carbons (Fsp3) is 0.200. The van der Waals surface area contributed by atoms with Crippen LogP contribution in [0.15, 0.2) is 48.5 Å². The second-order valence-electron chi connectivity index (χ2n) is 5.01. The molecule has 0 aliphatic rings. The molecule has 112 valence electrons. The molecule has 2 aromatic carbocycles. The monoisotopic (exact) mass is 305 g/mol. The highest BCUT2D eigenvalue weighted by Gasteiger charge is 2.14. The Morgan fingerprint density at radius 2 is 1.67 bits per heavy atom. The van der Waals surface area contributed by atoms with Gasteiger partial charge in [-0.2, -0.15) is 0 Å². The third-order valence-electron chi connectivity index (χ3n) is 2.99. The van der Waals surface area contributed by atoms with E-state index in [2.05, 4.69) is 4.72 Å². The molecule has 3 N–H and O–H groups in total. The third kappa shape index (κ3) is 4.13. The largest absolute Gasteiger partial charge is 0.399 e. The predicted molar refractivity (Wildman–Crippen MR) is 87.9 cm³/mol. The molecule has 0 bridgehead atoms. The summed E-state index contributed by atoms with van der Waals surface area (Å²) < 4.78 is 27.2. The van der Waals surface area contributed by atoms with Gasteiger partial charge in [-0.15, -0.1) is 0 Å². The van der Waals surface area contributed by atoms with E-state index in [0.29, 0.717) is 16.9 Å². The highest BCUT2D eigenvalue weighted by atomic mass is 32.2. The molecule has 0 aliphatic carbocycles. The van der Waals surface area contributed by atoms with E-state index in [-0.39, 0.29) is 5.75 Å². The minimum Gasteiger partial charge on any atom is -0.399 e. The summed E-state index contributed by atoms with van der Waals surface area (Å²) in [6.07, 6.45) is 0. The van der Waals surface area contributed by atoms with Crippen LogP contribution in [0.5, 0.6) is 0 Å². The van der Waals surface area contributed by atoms with Crippen molar-refractivity contribution in [3.05, 3.63) is 54.1 Å². The average molecular weight is 305 g/mol. The SMILES string of the molecule is CN(C)c1ccccc1NS(=O)(=O)Cc1ccc(N)cc1. The van der Waals surface area contributed by atoms with Gasteiger partial charge in [0.15, 0.2) is 0 Å². The van der Waals surface area contributed by atoms with Crippen molar-refractivity contribution < 1.29 is 8.42 Å². The van der Waals surface area contributed by atoms with E-state index in [9.17, 15) is 8.42 Å². The molecule has 0 heterocycles. The van der Waals surface area contributed by atoms with Gasteiger partial charge in [-0.25, -0.2) is 8.42 Å². The van der Waals surface area contributed by atoms with Crippen molar-refractivity contribution in [2.45, 2.75) is 5.75 Å². The molecule has 0 saturated carbocycles. The fourth-order valence-corrected chi connectivity index (χ4v) is 3.20. The summed E-state index contributed by atoms with van der Waals surface area (Å²) in [7, 11) is 0.262. The van der Waals surface area contributed by atoms with Gasteiger partial charge in [0.05, 0.1) is 17.1 Å². The summed E-state index contributed by atoms with van der Waals surface area (Å²) in [6.45, 7) is 0. The number of para-hydroxylation sites is 2. The Balaban J connectivity index is 2.20. The maximum Gasteiger partial charge on any atom is 0.236 e. The molecule has 0 fully saturated rings. The van der Waals surface area contributed by atoms with Gasteiger partial charge >= 0.3 is 0 Å². The molecule has 0 unspecified atom stereocenters. The Morgan fingerprint density at radius 1 is 1.05 bits per heavy atom. The van der Waals surface area contributed by atoms with Crippen LogP contribution >= 0.6 is 0 Å². The summed E-state index contributed by atoms with van der Waals surface area (Å²) in [4.78, 5) is 1.86. The average Bonchev–Trinajstić information content (AvgIpc) is 2.41. The van der Waals surface area contributed by atoms with Gasteiger partial charge in [0, 0.05) is 19.8 Å². The van der Waals surface area contributed by atoms with Crippen LogP contribution in [0, 0.1) is 0 Å². The maximum absolute atomic E-state index is 12.3. The van der Waals surface area contributed by atoms with Gasteiger partial charge in [0.2, 0.25) is 10.0 Å². The summed E-state index contributed by atoms with van der Waals surface area (Å²) in [6, 6.07) is 14.1. The lowest BCUT2D eigenvalue weighted by Crippen LogP contribution is -2.18. The van der Waals surface area contributed by atoms with E-state index in [4.69, 9.17) is 5.73 Å². The van der Waals surface area contributed by atoms with Crippen molar-refractivity contribution >= 4 is 27.1 Å². The van der Waals surface area contributed by atoms with Gasteiger partial charge in [-0.3, -0.25) is 4.72 Å². The number of anilines is 3. The molecule has 2 aromatic rings. The lowest BCUT2D eigenvalue weighted by Gasteiger charge is -2.18. The first kappa shape index (κ1) is 15.2. The quantitative estimate of drug-likeness (QED) is 0.831. The number of rotatable bonds is 5. The number of nitrogens with zero attached hydrogens (tertiary/aromatic N) is 1. The Hall–Kier alpha value is -2.21. The zero-order chi connectivity index (χ0) is 15.5. The Bertz CT molecular complexity index is 710. The van der Waals surface area contributed by atoms with E-state index >= 15 is 0 Å². The maximum atomic E-state index is 12.3. The van der Waals surface area contributed by atoms with Gasteiger partial charge in [-0.05, 0) is 29.8 Å². The molecule has 21 heavy (non-hydrogen) atoms. The molecule has 0 aromatic heterocycles. The molecular weight excluding hydrogens is 286 g/mol. The molecule has 0 amide bonds. The van der Waals surface area contributed by atoms with E-state index in [1.165, 1.54) is 0 Å². The van der Waals surface area contributed by atoms with Crippen molar-refractivity contribution in [2.24, 2.45) is 0 Å². The molecule has 2 rings (SSSR count). The zero-order valence-electron chi connectivity index (χ0n) is 12.1. The number of nitrogens with two attached hydrogens (primary N) is 1. The van der Waals surface area contributed by atoms with E-state index < -0.39 is 10.0 Å². The first-order valence-electron chi connectivity index (χ1n) is 6.49. The third-order valence-corrected chi connectivity index (χ3v) is 4.23. The number of sulfonamides is 1. The van der Waals surface area contributed by atoms with Crippen LogP contribution in [-0.2, 0) is 15.8 Å². The molecule has 0 aliphatic heterocycles. The van der Waals surface area contributed by atoms with Crippen molar-refractivity contribution in [1.29, 1.82) is 0 Å². The Labute approximate surface area is 125 Å². The number of hydrogen-bond acceptors (Lipinski definition) is 4. The van der Waals surface area contributed by atoms with Crippen LogP contribution in [0.1, 0.15) is 5.56 Å². The molecule has 5 nitrogen and oxygen atoms in total. The molecular formula is C15H19N3O2S. The van der Waals surface area contributed by atoms with Crippen molar-refractivity contribution in [3.8, 4) is 0 Å². The topological polar surface area (TPSA) is 75.4 Å². The summed E-state index contributed by atoms with van der Waals surface area (Å²) in [5, 5.41) is 0. The molecule has 6 heteroatoms. The van der Waals surface area contributed by atoms with Gasteiger partial charge in [-0.1, -0.05) is 24.3 Å². The Morgan fingerprint density at radius 3 is 2.29 bits per heavy atom. The van der Waals surface area contributed by atoms with Crippen LogP contribution in [0.2, 0.25) is 0 Å². The normalized spacial score (nSPS) is 11.1. The van der Waals surface area contributed by atoms with Gasteiger partial charge < -0.3 is 10.6 Å². The second kappa shape index (κ2) is 6.05. The van der Waals surface area contributed by atoms with Crippen molar-refractivity contribution in [3.63, 3.8) is 0 Å². The molecule has 0 saturated heterocycles. The van der Waals surface area contributed by atoms with Crippen LogP contribution < -0.4 is 15.4 Å². The summed E-state index contributed by atoms with van der Waals surface area (Å²) >= 11 is 0. The van der Waals surface area contributed by atoms with Gasteiger partial charge in [0.1, 0.15) is 0 Å². The number of benzene rings is 2. The Kier molecular flexibility index (Phi) is 4.37. The van der Waals surface area contributed by atoms with Crippen LogP contribution in [0.25, 0.3) is 0 Å². The number of nitrogens with one attached hydrogen (secondary N) is 1. The first-order valence-corrected chi connectivity index (χ1v) is 8.14. The van der Waals surface area contributed by atoms with Crippen LogP contribution in [-0.4, -0.2) is 22.5 Å². The highest BCUT2D eigenvalue weighted by molar-refractivity contribution is 7.91. The van der Waals surface area contributed by atoms with E-state index in [1.807, 2.05) is 31.1 Å². The molecule has 0 atom stereocenters. The minimum absolute atomic E-state index is 0.0883. The smallest absolute Gasteiger partial charge is 0.236 e. The molecule has 0 spiro atoms. The zero-order valence-corrected chi connectivity index (χ0v) is 12.9. The second-order valence-corrected chi connectivity index (χ2v) is 6.74.